The molecular formula is C17H20N2O2. The number of aromatic nitrogens is 1. The number of carbonyl (C=O) groups is 1. The van der Waals surface area contributed by atoms with E-state index in [1.807, 2.05) is 42.5 Å². The van der Waals surface area contributed by atoms with E-state index >= 15 is 0 Å². The molecule has 1 heterocycles. The van der Waals surface area contributed by atoms with E-state index in [1.165, 1.54) is 5.56 Å². The van der Waals surface area contributed by atoms with Crippen molar-refractivity contribution in [3.8, 4) is 5.75 Å². The summed E-state index contributed by atoms with van der Waals surface area (Å²) in [6.45, 7) is 4.70. The number of benzene rings is 1. The van der Waals surface area contributed by atoms with E-state index in [-0.39, 0.29) is 12.5 Å². The van der Waals surface area contributed by atoms with Crippen molar-refractivity contribution in [2.24, 2.45) is 0 Å². The van der Waals surface area contributed by atoms with Crippen LogP contribution in [-0.4, -0.2) is 17.5 Å². The van der Waals surface area contributed by atoms with Crippen LogP contribution in [0, 0.1) is 0 Å². The zero-order chi connectivity index (χ0) is 15.1. The number of carbonyl (C=O) groups excluding carboxylic acids is 1. The molecule has 0 aliphatic carbocycles. The first-order chi connectivity index (χ1) is 10.1. The lowest BCUT2D eigenvalue weighted by Gasteiger charge is -2.09. The second kappa shape index (κ2) is 7.43. The molecule has 0 saturated heterocycles. The minimum absolute atomic E-state index is 0.00780. The smallest absolute Gasteiger partial charge is 0.258 e. The summed E-state index contributed by atoms with van der Waals surface area (Å²) in [7, 11) is 0. The lowest BCUT2D eigenvalue weighted by molar-refractivity contribution is -0.123. The van der Waals surface area contributed by atoms with Crippen molar-refractivity contribution in [2.45, 2.75) is 26.3 Å². The lowest BCUT2D eigenvalue weighted by atomic mass is 10.0. The Hall–Kier alpha value is -2.36. The third-order valence-electron chi connectivity index (χ3n) is 3.11. The summed E-state index contributed by atoms with van der Waals surface area (Å²) < 4.78 is 5.46. The van der Waals surface area contributed by atoms with Gasteiger partial charge in [0.1, 0.15) is 5.75 Å². The topological polar surface area (TPSA) is 51.2 Å². The molecule has 1 aromatic carbocycles. The number of hydrogen-bond acceptors (Lipinski definition) is 3. The second-order valence-corrected chi connectivity index (χ2v) is 5.11. The van der Waals surface area contributed by atoms with E-state index < -0.39 is 0 Å². The third kappa shape index (κ3) is 4.91. The van der Waals surface area contributed by atoms with Crippen molar-refractivity contribution < 1.29 is 9.53 Å². The molecule has 0 unspecified atom stereocenters. The first-order valence-corrected chi connectivity index (χ1v) is 7.04. The van der Waals surface area contributed by atoms with Gasteiger partial charge in [-0.25, -0.2) is 0 Å². The number of ether oxygens (including phenoxy) is 1. The van der Waals surface area contributed by atoms with Crippen LogP contribution in [0.2, 0.25) is 0 Å². The van der Waals surface area contributed by atoms with Crippen LogP contribution in [0.4, 0.5) is 0 Å². The maximum Gasteiger partial charge on any atom is 0.258 e. The highest BCUT2D eigenvalue weighted by Gasteiger charge is 2.04. The maximum absolute atomic E-state index is 11.7. The molecule has 1 amide bonds. The predicted octanol–water partition coefficient (Wildman–Crippen LogP) is 2.90. The fourth-order valence-corrected chi connectivity index (χ4v) is 1.84. The van der Waals surface area contributed by atoms with Gasteiger partial charge in [0.25, 0.3) is 5.91 Å². The molecule has 2 aromatic rings. The highest BCUT2D eigenvalue weighted by molar-refractivity contribution is 5.77. The number of hydrogen-bond donors (Lipinski definition) is 1. The van der Waals surface area contributed by atoms with Crippen LogP contribution < -0.4 is 10.1 Å². The average Bonchev–Trinajstić information content (AvgIpc) is 2.52. The van der Waals surface area contributed by atoms with E-state index in [0.29, 0.717) is 18.2 Å². The van der Waals surface area contributed by atoms with E-state index in [9.17, 15) is 4.79 Å². The van der Waals surface area contributed by atoms with Gasteiger partial charge in [0.2, 0.25) is 0 Å². The summed E-state index contributed by atoms with van der Waals surface area (Å²) in [4.78, 5) is 15.8. The molecule has 0 aliphatic rings. The van der Waals surface area contributed by atoms with Crippen LogP contribution in [0.5, 0.6) is 5.75 Å². The first-order valence-electron chi connectivity index (χ1n) is 7.04. The largest absolute Gasteiger partial charge is 0.484 e. The lowest BCUT2D eigenvalue weighted by Crippen LogP contribution is -2.28. The number of pyridine rings is 1. The van der Waals surface area contributed by atoms with Gasteiger partial charge in [0.15, 0.2) is 6.61 Å². The summed E-state index contributed by atoms with van der Waals surface area (Å²) in [6, 6.07) is 13.4. The zero-order valence-electron chi connectivity index (χ0n) is 12.4. The normalized spacial score (nSPS) is 10.4. The van der Waals surface area contributed by atoms with Gasteiger partial charge in [-0.2, -0.15) is 0 Å². The van der Waals surface area contributed by atoms with Crippen molar-refractivity contribution in [3.63, 3.8) is 0 Å². The van der Waals surface area contributed by atoms with Gasteiger partial charge in [0, 0.05) is 6.20 Å². The highest BCUT2D eigenvalue weighted by Crippen LogP contribution is 2.18. The summed E-state index contributed by atoms with van der Waals surface area (Å²) in [5, 5.41) is 2.77. The van der Waals surface area contributed by atoms with Crippen LogP contribution in [0.3, 0.4) is 0 Å². The predicted molar refractivity (Wildman–Crippen MR) is 82.1 cm³/mol. The van der Waals surface area contributed by atoms with Crippen LogP contribution in [0.25, 0.3) is 0 Å². The number of rotatable bonds is 6. The van der Waals surface area contributed by atoms with Gasteiger partial charge in [-0.1, -0.05) is 32.0 Å². The van der Waals surface area contributed by atoms with Crippen LogP contribution >= 0.6 is 0 Å². The number of nitrogens with one attached hydrogen (secondary N) is 1. The molecule has 0 bridgehead atoms. The number of nitrogens with zero attached hydrogens (tertiary/aromatic N) is 1. The van der Waals surface area contributed by atoms with Crippen molar-refractivity contribution in [1.29, 1.82) is 0 Å². The Kier molecular flexibility index (Phi) is 5.32. The molecule has 0 atom stereocenters. The minimum Gasteiger partial charge on any atom is -0.484 e. The molecule has 0 saturated carbocycles. The molecule has 1 aromatic heterocycles. The Morgan fingerprint density at radius 2 is 1.95 bits per heavy atom. The number of amides is 1. The van der Waals surface area contributed by atoms with E-state index in [4.69, 9.17) is 4.74 Å². The minimum atomic E-state index is -0.159. The average molecular weight is 284 g/mol. The molecule has 0 fully saturated rings. The van der Waals surface area contributed by atoms with Crippen LogP contribution in [0.1, 0.15) is 31.0 Å². The van der Waals surface area contributed by atoms with Crippen LogP contribution in [0.15, 0.2) is 48.7 Å². The Morgan fingerprint density at radius 3 is 2.57 bits per heavy atom. The molecule has 2 rings (SSSR count). The second-order valence-electron chi connectivity index (χ2n) is 5.11. The fraction of sp³-hybridized carbons (Fsp3) is 0.294. The van der Waals surface area contributed by atoms with E-state index in [0.717, 1.165) is 5.69 Å². The molecule has 21 heavy (non-hydrogen) atoms. The van der Waals surface area contributed by atoms with Crippen molar-refractivity contribution >= 4 is 5.91 Å². The van der Waals surface area contributed by atoms with Gasteiger partial charge in [-0.3, -0.25) is 9.78 Å². The third-order valence-corrected chi connectivity index (χ3v) is 3.11. The molecule has 4 nitrogen and oxygen atoms in total. The summed E-state index contributed by atoms with van der Waals surface area (Å²) >= 11 is 0. The van der Waals surface area contributed by atoms with Crippen molar-refractivity contribution in [1.82, 2.24) is 10.3 Å². The quantitative estimate of drug-likeness (QED) is 0.887. The van der Waals surface area contributed by atoms with Gasteiger partial charge in [0.05, 0.1) is 12.2 Å². The molecular weight excluding hydrogens is 264 g/mol. The van der Waals surface area contributed by atoms with Crippen molar-refractivity contribution in [2.75, 3.05) is 6.61 Å². The Labute approximate surface area is 125 Å². The van der Waals surface area contributed by atoms with Crippen LogP contribution in [-0.2, 0) is 11.3 Å². The molecule has 0 spiro atoms. The fourth-order valence-electron chi connectivity index (χ4n) is 1.84. The van der Waals surface area contributed by atoms with Gasteiger partial charge < -0.3 is 10.1 Å². The van der Waals surface area contributed by atoms with Gasteiger partial charge >= 0.3 is 0 Å². The summed E-state index contributed by atoms with van der Waals surface area (Å²) in [6.07, 6.45) is 1.70. The van der Waals surface area contributed by atoms with Gasteiger partial charge in [-0.15, -0.1) is 0 Å². The Balaban J connectivity index is 1.76. The molecule has 0 radical (unpaired) electrons. The standard InChI is InChI=1S/C17H20N2O2/c1-13(2)14-6-8-16(9-7-14)21-12-17(20)19-11-15-5-3-4-10-18-15/h3-10,13H,11-12H2,1-2H3,(H,19,20). The molecule has 1 N–H and O–H groups in total. The SMILES string of the molecule is CC(C)c1ccc(OCC(=O)NCc2ccccn2)cc1. The van der Waals surface area contributed by atoms with Crippen molar-refractivity contribution in [3.05, 3.63) is 59.9 Å². The molecule has 110 valence electrons. The highest BCUT2D eigenvalue weighted by atomic mass is 16.5. The first kappa shape index (κ1) is 15.0. The molecule has 0 aliphatic heterocycles. The van der Waals surface area contributed by atoms with E-state index in [2.05, 4.69) is 24.1 Å². The Bertz CT molecular complexity index is 565. The van der Waals surface area contributed by atoms with E-state index in [1.54, 1.807) is 6.20 Å². The maximum atomic E-state index is 11.7. The summed E-state index contributed by atoms with van der Waals surface area (Å²) in [5.74, 6) is 1.03. The summed E-state index contributed by atoms with van der Waals surface area (Å²) in [5.41, 5.74) is 2.08. The zero-order valence-corrected chi connectivity index (χ0v) is 12.4. The monoisotopic (exact) mass is 284 g/mol. The Morgan fingerprint density at radius 1 is 1.19 bits per heavy atom. The molecule has 4 heteroatoms. The van der Waals surface area contributed by atoms with Gasteiger partial charge in [-0.05, 0) is 35.7 Å².